The van der Waals surface area contributed by atoms with Gasteiger partial charge in [0.2, 0.25) is 5.91 Å². The number of ether oxygens (including phenoxy) is 1. The molecular weight excluding hydrogens is 348 g/mol. The highest BCUT2D eigenvalue weighted by molar-refractivity contribution is 7.99. The molecule has 26 heavy (non-hydrogen) atoms. The van der Waals surface area contributed by atoms with Crippen molar-refractivity contribution in [2.45, 2.75) is 30.0 Å². The summed E-state index contributed by atoms with van der Waals surface area (Å²) >= 11 is 1.39. The number of allylic oxidation sites excluding steroid dienone is 1. The maximum Gasteiger partial charge on any atom is 0.230 e. The summed E-state index contributed by atoms with van der Waals surface area (Å²) in [7, 11) is 0. The highest BCUT2D eigenvalue weighted by Gasteiger charge is 2.34. The molecule has 1 aromatic carbocycles. The summed E-state index contributed by atoms with van der Waals surface area (Å²) in [5.41, 5.74) is 1.21. The Kier molecular flexibility index (Phi) is 6.46. The fourth-order valence-electron chi connectivity index (χ4n) is 3.19. The minimum absolute atomic E-state index is 0.00458. The minimum Gasteiger partial charge on any atom is -0.381 e. The van der Waals surface area contributed by atoms with Gasteiger partial charge in [-0.3, -0.25) is 4.79 Å². The summed E-state index contributed by atoms with van der Waals surface area (Å²) in [6.45, 7) is 6.42. The van der Waals surface area contributed by atoms with Gasteiger partial charge in [0.1, 0.15) is 6.33 Å². The zero-order valence-corrected chi connectivity index (χ0v) is 15.6. The second kappa shape index (κ2) is 9.00. The van der Waals surface area contributed by atoms with Gasteiger partial charge in [0, 0.05) is 31.7 Å². The average molecular weight is 372 g/mol. The van der Waals surface area contributed by atoms with Crippen molar-refractivity contribution in [1.82, 2.24) is 20.1 Å². The van der Waals surface area contributed by atoms with Crippen molar-refractivity contribution in [3.63, 3.8) is 0 Å². The van der Waals surface area contributed by atoms with E-state index in [-0.39, 0.29) is 11.3 Å². The van der Waals surface area contributed by atoms with Gasteiger partial charge < -0.3 is 14.6 Å². The Hall–Kier alpha value is -2.12. The Bertz CT molecular complexity index is 726. The zero-order valence-electron chi connectivity index (χ0n) is 14.8. The predicted molar refractivity (Wildman–Crippen MR) is 102 cm³/mol. The highest BCUT2D eigenvalue weighted by Crippen LogP contribution is 2.34. The van der Waals surface area contributed by atoms with E-state index in [2.05, 4.69) is 46.4 Å². The van der Waals surface area contributed by atoms with Crippen LogP contribution in [-0.4, -0.2) is 46.2 Å². The molecule has 0 spiro atoms. The second-order valence-corrected chi connectivity index (χ2v) is 7.32. The van der Waals surface area contributed by atoms with Gasteiger partial charge in [-0.25, -0.2) is 0 Å². The molecule has 0 atom stereocenters. The average Bonchev–Trinajstić information content (AvgIpc) is 3.14. The van der Waals surface area contributed by atoms with Crippen LogP contribution in [0.15, 0.2) is 54.5 Å². The van der Waals surface area contributed by atoms with Crippen LogP contribution in [0.5, 0.6) is 0 Å². The van der Waals surface area contributed by atoms with Crippen molar-refractivity contribution in [2.24, 2.45) is 0 Å². The molecule has 0 bridgehead atoms. The van der Waals surface area contributed by atoms with Gasteiger partial charge in [-0.1, -0.05) is 48.2 Å². The van der Waals surface area contributed by atoms with Crippen LogP contribution in [0, 0.1) is 0 Å². The first-order valence-electron chi connectivity index (χ1n) is 8.75. The number of amides is 1. The van der Waals surface area contributed by atoms with Crippen molar-refractivity contribution in [2.75, 3.05) is 25.5 Å². The first kappa shape index (κ1) is 18.7. The number of carbonyl (C=O) groups is 1. The number of aromatic nitrogens is 3. The third-order valence-electron chi connectivity index (χ3n) is 4.70. The number of thioether (sulfide) groups is 1. The van der Waals surface area contributed by atoms with E-state index in [4.69, 9.17) is 4.74 Å². The Morgan fingerprint density at radius 1 is 1.35 bits per heavy atom. The van der Waals surface area contributed by atoms with Crippen LogP contribution in [0.1, 0.15) is 18.4 Å². The molecule has 2 aromatic rings. The number of rotatable bonds is 8. The molecule has 138 valence electrons. The summed E-state index contributed by atoms with van der Waals surface area (Å²) in [4.78, 5) is 12.4. The zero-order chi connectivity index (χ0) is 18.2. The lowest BCUT2D eigenvalue weighted by Gasteiger charge is -2.38. The molecule has 1 aliphatic heterocycles. The van der Waals surface area contributed by atoms with Crippen molar-refractivity contribution in [3.05, 3.63) is 54.9 Å². The van der Waals surface area contributed by atoms with Gasteiger partial charge in [-0.15, -0.1) is 16.8 Å². The number of hydrogen-bond acceptors (Lipinski definition) is 5. The largest absolute Gasteiger partial charge is 0.381 e. The van der Waals surface area contributed by atoms with Crippen molar-refractivity contribution < 1.29 is 9.53 Å². The van der Waals surface area contributed by atoms with Crippen LogP contribution in [0.2, 0.25) is 0 Å². The summed E-state index contributed by atoms with van der Waals surface area (Å²) in [6, 6.07) is 10.4. The Balaban J connectivity index is 1.58. The molecule has 0 aliphatic carbocycles. The number of carbonyl (C=O) groups excluding carboxylic acids is 1. The molecule has 0 saturated carbocycles. The van der Waals surface area contributed by atoms with E-state index in [1.54, 1.807) is 12.4 Å². The van der Waals surface area contributed by atoms with E-state index in [0.29, 0.717) is 18.8 Å². The number of benzene rings is 1. The topological polar surface area (TPSA) is 69.0 Å². The maximum absolute atomic E-state index is 12.4. The predicted octanol–water partition coefficient (Wildman–Crippen LogP) is 2.42. The van der Waals surface area contributed by atoms with Crippen LogP contribution in [0.3, 0.4) is 0 Å². The smallest absolute Gasteiger partial charge is 0.230 e. The van der Waals surface area contributed by atoms with Gasteiger partial charge >= 0.3 is 0 Å². The third-order valence-corrected chi connectivity index (χ3v) is 5.68. The second-order valence-electron chi connectivity index (χ2n) is 6.38. The standard InChI is InChI=1S/C19H24N4O2S/c1-2-10-23-15-21-22-18(23)26-13-17(24)20-14-19(8-11-25-12-9-19)16-6-4-3-5-7-16/h2-7,15H,1,8-14H2,(H,20,24). The van der Waals surface area contributed by atoms with Crippen LogP contribution < -0.4 is 5.32 Å². The van der Waals surface area contributed by atoms with E-state index in [1.807, 2.05) is 10.6 Å². The lowest BCUT2D eigenvalue weighted by Crippen LogP contribution is -2.45. The Morgan fingerprint density at radius 2 is 2.12 bits per heavy atom. The molecule has 1 saturated heterocycles. The highest BCUT2D eigenvalue weighted by atomic mass is 32.2. The van der Waals surface area contributed by atoms with Crippen LogP contribution in [-0.2, 0) is 21.5 Å². The molecule has 1 amide bonds. The van der Waals surface area contributed by atoms with Gasteiger partial charge in [0.15, 0.2) is 5.16 Å². The fourth-order valence-corrected chi connectivity index (χ4v) is 3.95. The van der Waals surface area contributed by atoms with Gasteiger partial charge in [0.05, 0.1) is 5.75 Å². The molecule has 1 N–H and O–H groups in total. The lowest BCUT2D eigenvalue weighted by atomic mass is 9.74. The molecular formula is C19H24N4O2S. The van der Waals surface area contributed by atoms with E-state index in [0.717, 1.165) is 31.2 Å². The number of hydrogen-bond donors (Lipinski definition) is 1. The molecule has 7 heteroatoms. The van der Waals surface area contributed by atoms with Crippen LogP contribution >= 0.6 is 11.8 Å². The first-order valence-corrected chi connectivity index (χ1v) is 9.73. The first-order chi connectivity index (χ1) is 12.7. The van der Waals surface area contributed by atoms with E-state index < -0.39 is 0 Å². The van der Waals surface area contributed by atoms with Crippen LogP contribution in [0.4, 0.5) is 0 Å². The number of nitrogens with zero attached hydrogens (tertiary/aromatic N) is 3. The Morgan fingerprint density at radius 3 is 2.85 bits per heavy atom. The summed E-state index contributed by atoms with van der Waals surface area (Å²) in [5, 5.41) is 11.8. The quantitative estimate of drug-likeness (QED) is 0.569. The van der Waals surface area contributed by atoms with E-state index in [1.165, 1.54) is 17.3 Å². The summed E-state index contributed by atoms with van der Waals surface area (Å²) < 4.78 is 7.41. The Labute approximate surface area is 158 Å². The fraction of sp³-hybridized carbons (Fsp3) is 0.421. The third kappa shape index (κ3) is 4.53. The molecule has 0 radical (unpaired) electrons. The van der Waals surface area contributed by atoms with Gasteiger partial charge in [-0.2, -0.15) is 0 Å². The van der Waals surface area contributed by atoms with E-state index >= 15 is 0 Å². The molecule has 3 rings (SSSR count). The molecule has 0 unspecified atom stereocenters. The van der Waals surface area contributed by atoms with E-state index in [9.17, 15) is 4.79 Å². The van der Waals surface area contributed by atoms with Gasteiger partial charge in [0.25, 0.3) is 0 Å². The maximum atomic E-state index is 12.4. The molecule has 1 aliphatic rings. The monoisotopic (exact) mass is 372 g/mol. The molecule has 1 aromatic heterocycles. The normalized spacial score (nSPS) is 16.2. The molecule has 2 heterocycles. The van der Waals surface area contributed by atoms with Gasteiger partial charge in [-0.05, 0) is 18.4 Å². The summed E-state index contributed by atoms with van der Waals surface area (Å²) in [5.74, 6) is 0.321. The van der Waals surface area contributed by atoms with Crippen molar-refractivity contribution >= 4 is 17.7 Å². The molecule has 6 nitrogen and oxygen atoms in total. The lowest BCUT2D eigenvalue weighted by molar-refractivity contribution is -0.119. The summed E-state index contributed by atoms with van der Waals surface area (Å²) in [6.07, 6.45) is 5.26. The SMILES string of the molecule is C=CCn1cnnc1SCC(=O)NCC1(c2ccccc2)CCOCC1. The minimum atomic E-state index is -0.0529. The van der Waals surface area contributed by atoms with Crippen molar-refractivity contribution in [3.8, 4) is 0 Å². The number of nitrogens with one attached hydrogen (secondary N) is 1. The van der Waals surface area contributed by atoms with Crippen molar-refractivity contribution in [1.29, 1.82) is 0 Å². The van der Waals surface area contributed by atoms with Crippen LogP contribution in [0.25, 0.3) is 0 Å². The molecule has 1 fully saturated rings.